The first-order chi connectivity index (χ1) is 14.7. The molecule has 3 aliphatic rings. The van der Waals surface area contributed by atoms with Gasteiger partial charge >= 0.3 is 0 Å². The van der Waals surface area contributed by atoms with Gasteiger partial charge in [0.2, 0.25) is 11.8 Å². The second kappa shape index (κ2) is 9.95. The molecule has 30 heavy (non-hydrogen) atoms. The largest absolute Gasteiger partial charge is 0.367 e. The highest BCUT2D eigenvalue weighted by Gasteiger charge is 2.47. The number of carbonyl (C=O) groups excluding carboxylic acids is 2. The molecule has 164 valence electrons. The Balaban J connectivity index is 1.31. The van der Waals surface area contributed by atoms with Crippen LogP contribution >= 0.6 is 0 Å². The number of amides is 2. The van der Waals surface area contributed by atoms with Crippen LogP contribution in [0.1, 0.15) is 63.4 Å². The van der Waals surface area contributed by atoms with Crippen LogP contribution in [-0.4, -0.2) is 54.4 Å². The van der Waals surface area contributed by atoms with E-state index in [9.17, 15) is 9.59 Å². The van der Waals surface area contributed by atoms with Crippen molar-refractivity contribution in [1.29, 1.82) is 0 Å². The third kappa shape index (κ3) is 5.05. The molecular weight excluding hydrogens is 376 g/mol. The van der Waals surface area contributed by atoms with Gasteiger partial charge in [0, 0.05) is 32.6 Å². The van der Waals surface area contributed by atoms with Gasteiger partial charge in [0.15, 0.2) is 0 Å². The van der Waals surface area contributed by atoms with E-state index in [1.807, 2.05) is 40.1 Å². The van der Waals surface area contributed by atoms with Crippen LogP contribution < -0.4 is 0 Å². The molecule has 0 radical (unpaired) electrons. The molecule has 5 heteroatoms. The Morgan fingerprint density at radius 2 is 1.67 bits per heavy atom. The Kier molecular flexibility index (Phi) is 7.08. The number of hydrogen-bond acceptors (Lipinski definition) is 3. The molecule has 1 atom stereocenters. The molecule has 4 rings (SSSR count). The molecule has 1 unspecified atom stereocenters. The van der Waals surface area contributed by atoms with Crippen LogP contribution in [0.5, 0.6) is 0 Å². The maximum atomic E-state index is 12.9. The lowest BCUT2D eigenvalue weighted by molar-refractivity contribution is -0.136. The van der Waals surface area contributed by atoms with Crippen LogP contribution in [0.2, 0.25) is 0 Å². The molecule has 0 bridgehead atoms. The number of rotatable bonds is 7. The summed E-state index contributed by atoms with van der Waals surface area (Å²) in [6.07, 6.45) is 10.0. The van der Waals surface area contributed by atoms with Gasteiger partial charge in [-0.25, -0.2) is 0 Å². The summed E-state index contributed by atoms with van der Waals surface area (Å²) in [7, 11) is 0. The predicted molar refractivity (Wildman–Crippen MR) is 117 cm³/mol. The number of likely N-dealkylation sites (tertiary alicyclic amines) is 2. The molecule has 0 aromatic heterocycles. The van der Waals surface area contributed by atoms with Crippen LogP contribution in [-0.2, 0) is 20.9 Å². The van der Waals surface area contributed by atoms with Gasteiger partial charge in [0.25, 0.3) is 0 Å². The van der Waals surface area contributed by atoms with E-state index < -0.39 is 0 Å². The smallest absolute Gasteiger partial charge is 0.248 e. The minimum Gasteiger partial charge on any atom is -0.367 e. The molecule has 2 saturated heterocycles. The van der Waals surface area contributed by atoms with Crippen LogP contribution in [0.25, 0.3) is 0 Å². The molecule has 0 N–H and O–H groups in total. The summed E-state index contributed by atoms with van der Waals surface area (Å²) in [6.45, 7) is 4.11. The Morgan fingerprint density at radius 1 is 0.933 bits per heavy atom. The van der Waals surface area contributed by atoms with E-state index >= 15 is 0 Å². The van der Waals surface area contributed by atoms with Crippen molar-refractivity contribution in [1.82, 2.24) is 9.80 Å². The summed E-state index contributed by atoms with van der Waals surface area (Å²) in [4.78, 5) is 29.5. The summed E-state index contributed by atoms with van der Waals surface area (Å²) in [6, 6.07) is 10.00. The number of carbonyl (C=O) groups is 2. The molecule has 2 heterocycles. The van der Waals surface area contributed by atoms with Crippen LogP contribution in [0, 0.1) is 11.3 Å². The fraction of sp³-hybridized carbons (Fsp3) is 0.680. The molecule has 2 amide bonds. The van der Waals surface area contributed by atoms with Crippen molar-refractivity contribution in [3.8, 4) is 0 Å². The third-order valence-corrected chi connectivity index (χ3v) is 7.52. The zero-order valence-electron chi connectivity index (χ0n) is 18.2. The highest BCUT2D eigenvalue weighted by Crippen LogP contribution is 2.49. The van der Waals surface area contributed by atoms with Crippen molar-refractivity contribution in [2.75, 3.05) is 32.8 Å². The van der Waals surface area contributed by atoms with Gasteiger partial charge < -0.3 is 14.5 Å². The molecule has 2 aliphatic heterocycles. The molecule has 1 aromatic carbocycles. The monoisotopic (exact) mass is 412 g/mol. The van der Waals surface area contributed by atoms with Crippen LogP contribution in [0.4, 0.5) is 0 Å². The first-order valence-electron chi connectivity index (χ1n) is 11.8. The summed E-state index contributed by atoms with van der Waals surface area (Å²) >= 11 is 0. The Labute approximate surface area is 180 Å². The van der Waals surface area contributed by atoms with Gasteiger partial charge in [-0.3, -0.25) is 9.59 Å². The van der Waals surface area contributed by atoms with Crippen molar-refractivity contribution in [2.24, 2.45) is 11.3 Å². The SMILES string of the molecule is O=C(CCC1CN(C(=O)COCc2ccccc2)CC12CCCCC2)N1CCCC1. The molecule has 5 nitrogen and oxygen atoms in total. The van der Waals surface area contributed by atoms with Gasteiger partial charge in [-0.15, -0.1) is 0 Å². The maximum Gasteiger partial charge on any atom is 0.248 e. The molecular formula is C25H36N2O3. The van der Waals surface area contributed by atoms with E-state index in [-0.39, 0.29) is 17.9 Å². The quantitative estimate of drug-likeness (QED) is 0.680. The van der Waals surface area contributed by atoms with Crippen molar-refractivity contribution in [3.63, 3.8) is 0 Å². The molecule has 3 fully saturated rings. The maximum absolute atomic E-state index is 12.9. The van der Waals surface area contributed by atoms with Gasteiger partial charge in [0.05, 0.1) is 6.61 Å². The summed E-state index contributed by atoms with van der Waals surface area (Å²) in [5.41, 5.74) is 1.31. The molecule has 1 aliphatic carbocycles. The van der Waals surface area contributed by atoms with Crippen LogP contribution in [0.3, 0.4) is 0 Å². The average molecular weight is 413 g/mol. The van der Waals surface area contributed by atoms with Crippen molar-refractivity contribution in [3.05, 3.63) is 35.9 Å². The number of benzene rings is 1. The topological polar surface area (TPSA) is 49.9 Å². The molecule has 1 aromatic rings. The summed E-state index contributed by atoms with van der Waals surface area (Å²) in [5.74, 6) is 0.862. The van der Waals surface area contributed by atoms with Gasteiger partial charge in [-0.05, 0) is 49.0 Å². The summed E-state index contributed by atoms with van der Waals surface area (Å²) in [5, 5.41) is 0. The zero-order chi connectivity index (χ0) is 20.8. The van der Waals surface area contributed by atoms with Crippen molar-refractivity contribution < 1.29 is 14.3 Å². The third-order valence-electron chi connectivity index (χ3n) is 7.52. The lowest BCUT2D eigenvalue weighted by Crippen LogP contribution is -2.36. The highest BCUT2D eigenvalue weighted by atomic mass is 16.5. The minimum absolute atomic E-state index is 0.101. The van der Waals surface area contributed by atoms with E-state index in [1.54, 1.807) is 0 Å². The van der Waals surface area contributed by atoms with Gasteiger partial charge in [-0.1, -0.05) is 49.6 Å². The standard InChI is InChI=1S/C25H36N2O3/c28-23(26-15-7-8-16-26)12-11-22-17-27(20-25(22)13-5-2-6-14-25)24(29)19-30-18-21-9-3-1-4-10-21/h1,3-4,9-10,22H,2,5-8,11-20H2. The summed E-state index contributed by atoms with van der Waals surface area (Å²) < 4.78 is 5.72. The Hall–Kier alpha value is -1.88. The van der Waals surface area contributed by atoms with E-state index in [0.29, 0.717) is 24.9 Å². The van der Waals surface area contributed by atoms with E-state index in [1.165, 1.54) is 32.1 Å². The van der Waals surface area contributed by atoms with Crippen molar-refractivity contribution in [2.45, 2.75) is 64.4 Å². The normalized spacial score (nSPS) is 23.3. The lowest BCUT2D eigenvalue weighted by atomic mass is 9.66. The van der Waals surface area contributed by atoms with E-state index in [0.717, 1.165) is 51.0 Å². The Morgan fingerprint density at radius 3 is 2.40 bits per heavy atom. The molecule has 1 spiro atoms. The second-order valence-electron chi connectivity index (χ2n) is 9.50. The minimum atomic E-state index is 0.101. The van der Waals surface area contributed by atoms with Gasteiger partial charge in [-0.2, -0.15) is 0 Å². The lowest BCUT2D eigenvalue weighted by Gasteiger charge is -2.38. The van der Waals surface area contributed by atoms with E-state index in [4.69, 9.17) is 4.74 Å². The van der Waals surface area contributed by atoms with Gasteiger partial charge in [0.1, 0.15) is 6.61 Å². The van der Waals surface area contributed by atoms with E-state index in [2.05, 4.69) is 0 Å². The number of nitrogens with zero attached hydrogens (tertiary/aromatic N) is 2. The van der Waals surface area contributed by atoms with Crippen LogP contribution in [0.15, 0.2) is 30.3 Å². The van der Waals surface area contributed by atoms with Crippen molar-refractivity contribution >= 4 is 11.8 Å². The Bertz CT molecular complexity index is 708. The fourth-order valence-corrected chi connectivity index (χ4v) is 5.79. The molecule has 1 saturated carbocycles. The average Bonchev–Trinajstić information content (AvgIpc) is 3.42. The predicted octanol–water partition coefficient (Wildman–Crippen LogP) is 4.01. The fourth-order valence-electron chi connectivity index (χ4n) is 5.79. The zero-order valence-corrected chi connectivity index (χ0v) is 18.2. The first kappa shape index (κ1) is 21.4. The second-order valence-corrected chi connectivity index (χ2v) is 9.50. The first-order valence-corrected chi connectivity index (χ1v) is 11.8. The number of hydrogen-bond donors (Lipinski definition) is 0. The highest BCUT2D eigenvalue weighted by molar-refractivity contribution is 5.78. The number of ether oxygens (including phenoxy) is 1.